The van der Waals surface area contributed by atoms with E-state index in [0.29, 0.717) is 33.3 Å². The molecule has 158 valence electrons. The molecule has 0 saturated heterocycles. The van der Waals surface area contributed by atoms with Crippen LogP contribution in [0.25, 0.3) is 11.0 Å². The maximum Gasteiger partial charge on any atom is 0.341 e. The molecule has 2 aromatic heterocycles. The SMILES string of the molecule is CCOC(=O)c1c(NC(=O)CSc2nc3ccc(Cl)cc3[nH]2)sc2c1CC[C@@H](C)C2. The van der Waals surface area contributed by atoms with E-state index in [1.54, 1.807) is 19.1 Å². The number of fused-ring (bicyclic) bond motifs is 2. The Bertz CT molecular complexity index is 1110. The van der Waals surface area contributed by atoms with Crippen LogP contribution in [0.3, 0.4) is 0 Å². The number of amides is 1. The lowest BCUT2D eigenvalue weighted by Gasteiger charge is -2.18. The van der Waals surface area contributed by atoms with Gasteiger partial charge >= 0.3 is 5.97 Å². The van der Waals surface area contributed by atoms with Gasteiger partial charge in [-0.2, -0.15) is 0 Å². The largest absolute Gasteiger partial charge is 0.462 e. The van der Waals surface area contributed by atoms with E-state index in [0.717, 1.165) is 35.9 Å². The fraction of sp³-hybridized carbons (Fsp3) is 0.381. The van der Waals surface area contributed by atoms with Crippen molar-refractivity contribution in [1.29, 1.82) is 0 Å². The molecule has 3 aromatic rings. The molecule has 1 atom stereocenters. The van der Waals surface area contributed by atoms with Gasteiger partial charge in [0.25, 0.3) is 0 Å². The van der Waals surface area contributed by atoms with Crippen LogP contribution in [0.2, 0.25) is 5.02 Å². The molecule has 0 radical (unpaired) electrons. The highest BCUT2D eigenvalue weighted by molar-refractivity contribution is 7.99. The number of halogens is 1. The van der Waals surface area contributed by atoms with E-state index in [4.69, 9.17) is 16.3 Å². The van der Waals surface area contributed by atoms with E-state index < -0.39 is 0 Å². The molecule has 1 aliphatic carbocycles. The summed E-state index contributed by atoms with van der Waals surface area (Å²) < 4.78 is 5.26. The first-order valence-electron chi connectivity index (χ1n) is 9.84. The summed E-state index contributed by atoms with van der Waals surface area (Å²) in [7, 11) is 0. The summed E-state index contributed by atoms with van der Waals surface area (Å²) in [6.07, 6.45) is 2.81. The lowest BCUT2D eigenvalue weighted by Crippen LogP contribution is -2.17. The predicted octanol–water partition coefficient (Wildman–Crippen LogP) is 5.31. The van der Waals surface area contributed by atoms with Crippen molar-refractivity contribution in [2.45, 2.75) is 38.3 Å². The minimum atomic E-state index is -0.360. The van der Waals surface area contributed by atoms with Gasteiger partial charge in [0.05, 0.1) is 29.0 Å². The molecule has 0 fully saturated rings. The first-order valence-corrected chi connectivity index (χ1v) is 12.0. The quantitative estimate of drug-likeness (QED) is 0.382. The Hall–Kier alpha value is -2.03. The Morgan fingerprint density at radius 3 is 3.07 bits per heavy atom. The van der Waals surface area contributed by atoms with Crippen LogP contribution in [-0.2, 0) is 22.4 Å². The minimum Gasteiger partial charge on any atom is -0.462 e. The summed E-state index contributed by atoms with van der Waals surface area (Å²) in [6.45, 7) is 4.30. The Morgan fingerprint density at radius 1 is 1.43 bits per heavy atom. The highest BCUT2D eigenvalue weighted by Gasteiger charge is 2.29. The molecule has 0 unspecified atom stereocenters. The van der Waals surface area contributed by atoms with Crippen molar-refractivity contribution in [2.24, 2.45) is 5.92 Å². The first kappa shape index (κ1) is 21.2. The number of thioether (sulfide) groups is 1. The van der Waals surface area contributed by atoms with E-state index in [9.17, 15) is 9.59 Å². The summed E-state index contributed by atoms with van der Waals surface area (Å²) in [5, 5.41) is 4.80. The maximum atomic E-state index is 12.6. The monoisotopic (exact) mass is 463 g/mol. The summed E-state index contributed by atoms with van der Waals surface area (Å²) in [6, 6.07) is 5.42. The van der Waals surface area contributed by atoms with Gasteiger partial charge in [0.1, 0.15) is 5.00 Å². The number of H-pyrrole nitrogens is 1. The number of thiophene rings is 1. The Labute approximate surface area is 187 Å². The number of nitrogens with one attached hydrogen (secondary N) is 2. The van der Waals surface area contributed by atoms with Crippen LogP contribution in [-0.4, -0.2) is 34.2 Å². The number of carbonyl (C=O) groups excluding carboxylic acids is 2. The van der Waals surface area contributed by atoms with Crippen molar-refractivity contribution in [2.75, 3.05) is 17.7 Å². The van der Waals surface area contributed by atoms with Gasteiger partial charge in [-0.1, -0.05) is 30.3 Å². The smallest absolute Gasteiger partial charge is 0.341 e. The van der Waals surface area contributed by atoms with Gasteiger partial charge in [0, 0.05) is 9.90 Å². The second-order valence-corrected chi connectivity index (χ2v) is 9.82. The third kappa shape index (κ3) is 4.50. The van der Waals surface area contributed by atoms with Gasteiger partial charge in [-0.25, -0.2) is 9.78 Å². The van der Waals surface area contributed by atoms with Gasteiger partial charge in [0.15, 0.2) is 5.16 Å². The number of aromatic nitrogens is 2. The number of esters is 1. The van der Waals surface area contributed by atoms with Gasteiger partial charge in [-0.15, -0.1) is 11.3 Å². The van der Waals surface area contributed by atoms with Crippen molar-refractivity contribution >= 4 is 62.6 Å². The molecular formula is C21H22ClN3O3S2. The van der Waals surface area contributed by atoms with Gasteiger partial charge in [-0.05, 0) is 55.9 Å². The average molecular weight is 464 g/mol. The lowest BCUT2D eigenvalue weighted by atomic mass is 9.88. The molecular weight excluding hydrogens is 442 g/mol. The standard InChI is InChI=1S/C21H22ClN3O3S2/c1-3-28-20(27)18-13-6-4-11(2)8-16(13)30-19(18)25-17(26)10-29-21-23-14-7-5-12(22)9-15(14)24-21/h5,7,9,11H,3-4,6,8,10H2,1-2H3,(H,23,24)(H,25,26)/t11-/m1/s1. The van der Waals surface area contributed by atoms with Crippen LogP contribution in [0.1, 0.15) is 41.1 Å². The average Bonchev–Trinajstić information content (AvgIpc) is 3.26. The fourth-order valence-corrected chi connectivity index (χ4v) is 5.85. The Morgan fingerprint density at radius 2 is 2.27 bits per heavy atom. The van der Waals surface area contributed by atoms with Crippen molar-refractivity contribution in [3.63, 3.8) is 0 Å². The van der Waals surface area contributed by atoms with E-state index in [1.807, 2.05) is 6.07 Å². The van der Waals surface area contributed by atoms with Gasteiger partial charge in [0.2, 0.25) is 5.91 Å². The number of ether oxygens (including phenoxy) is 1. The normalized spacial score (nSPS) is 15.8. The molecule has 0 spiro atoms. The number of aromatic amines is 1. The van der Waals surface area contributed by atoms with Gasteiger partial charge < -0.3 is 15.0 Å². The number of hydrogen-bond acceptors (Lipinski definition) is 6. The molecule has 1 aliphatic rings. The second kappa shape index (κ2) is 8.99. The van der Waals surface area contributed by atoms with Crippen LogP contribution in [0, 0.1) is 5.92 Å². The number of carbonyl (C=O) groups is 2. The minimum absolute atomic E-state index is 0.175. The Kier molecular flexibility index (Phi) is 6.36. The number of benzene rings is 1. The number of anilines is 1. The number of hydrogen-bond donors (Lipinski definition) is 2. The molecule has 2 heterocycles. The molecule has 2 N–H and O–H groups in total. The lowest BCUT2D eigenvalue weighted by molar-refractivity contribution is -0.113. The van der Waals surface area contributed by atoms with Crippen molar-refractivity contribution < 1.29 is 14.3 Å². The zero-order valence-electron chi connectivity index (χ0n) is 16.7. The summed E-state index contributed by atoms with van der Waals surface area (Å²) >= 11 is 8.81. The van der Waals surface area contributed by atoms with Crippen LogP contribution in [0.4, 0.5) is 5.00 Å². The zero-order chi connectivity index (χ0) is 21.3. The van der Waals surface area contributed by atoms with E-state index >= 15 is 0 Å². The molecule has 6 nitrogen and oxygen atoms in total. The highest BCUT2D eigenvalue weighted by Crippen LogP contribution is 2.40. The van der Waals surface area contributed by atoms with Crippen LogP contribution in [0.5, 0.6) is 0 Å². The summed E-state index contributed by atoms with van der Waals surface area (Å²) in [5.41, 5.74) is 3.19. The van der Waals surface area contributed by atoms with Crippen LogP contribution in [0.15, 0.2) is 23.4 Å². The molecule has 0 aliphatic heterocycles. The third-order valence-corrected chi connectivity index (χ3v) is 7.28. The molecule has 4 rings (SSSR count). The fourth-order valence-electron chi connectivity index (χ4n) is 3.58. The molecule has 0 bridgehead atoms. The maximum absolute atomic E-state index is 12.6. The van der Waals surface area contributed by atoms with E-state index in [1.165, 1.54) is 28.0 Å². The molecule has 0 saturated carbocycles. The molecule has 30 heavy (non-hydrogen) atoms. The first-order chi connectivity index (χ1) is 14.4. The third-order valence-electron chi connectivity index (χ3n) is 5.01. The van der Waals surface area contributed by atoms with Gasteiger partial charge in [-0.3, -0.25) is 4.79 Å². The predicted molar refractivity (Wildman–Crippen MR) is 122 cm³/mol. The number of rotatable bonds is 6. The molecule has 1 amide bonds. The van der Waals surface area contributed by atoms with E-state index in [2.05, 4.69) is 22.2 Å². The summed E-state index contributed by atoms with van der Waals surface area (Å²) in [5.74, 6) is 0.207. The molecule has 9 heteroatoms. The topological polar surface area (TPSA) is 84.1 Å². The Balaban J connectivity index is 1.48. The zero-order valence-corrected chi connectivity index (χ0v) is 19.1. The second-order valence-electron chi connectivity index (χ2n) is 7.32. The van der Waals surface area contributed by atoms with Crippen LogP contribution >= 0.6 is 34.7 Å². The summed E-state index contributed by atoms with van der Waals surface area (Å²) in [4.78, 5) is 34.0. The number of nitrogens with zero attached hydrogens (tertiary/aromatic N) is 1. The van der Waals surface area contributed by atoms with Crippen LogP contribution < -0.4 is 5.32 Å². The highest BCUT2D eigenvalue weighted by atomic mass is 35.5. The van der Waals surface area contributed by atoms with Crippen molar-refractivity contribution in [1.82, 2.24) is 9.97 Å². The van der Waals surface area contributed by atoms with Crippen molar-refractivity contribution in [3.8, 4) is 0 Å². The van der Waals surface area contributed by atoms with Crippen molar-refractivity contribution in [3.05, 3.63) is 39.2 Å². The number of imidazole rings is 1. The molecule has 1 aromatic carbocycles. The van der Waals surface area contributed by atoms with E-state index in [-0.39, 0.29) is 17.6 Å².